The molecular formula is C15H20O7. The first-order valence-electron chi connectivity index (χ1n) is 7.00. The molecule has 7 nitrogen and oxygen atoms in total. The van der Waals surface area contributed by atoms with Gasteiger partial charge in [-0.25, -0.2) is 0 Å². The molecule has 0 saturated carbocycles. The predicted molar refractivity (Wildman–Crippen MR) is 76.6 cm³/mol. The second-order valence-corrected chi connectivity index (χ2v) is 5.16. The highest BCUT2D eigenvalue weighted by Gasteiger charge is 2.10. The summed E-state index contributed by atoms with van der Waals surface area (Å²) in [7, 11) is 0. The van der Waals surface area contributed by atoms with E-state index in [1.165, 1.54) is 12.3 Å². The SMILES string of the molecule is CC(C)CCOc1coc(COC(=O)CCC(=O)O)cc1=O. The average Bonchev–Trinajstić information content (AvgIpc) is 2.44. The number of ether oxygens (including phenoxy) is 2. The van der Waals surface area contributed by atoms with Crippen LogP contribution in [0.1, 0.15) is 38.9 Å². The molecule has 0 bridgehead atoms. The molecule has 0 saturated heterocycles. The number of hydrogen-bond acceptors (Lipinski definition) is 6. The lowest BCUT2D eigenvalue weighted by molar-refractivity contribution is -0.149. The van der Waals surface area contributed by atoms with E-state index in [1.54, 1.807) is 0 Å². The molecule has 0 spiro atoms. The van der Waals surface area contributed by atoms with Gasteiger partial charge in [0, 0.05) is 6.07 Å². The van der Waals surface area contributed by atoms with Crippen LogP contribution < -0.4 is 10.2 Å². The molecule has 0 aliphatic rings. The van der Waals surface area contributed by atoms with Crippen LogP contribution in [0.3, 0.4) is 0 Å². The van der Waals surface area contributed by atoms with Gasteiger partial charge in [-0.3, -0.25) is 14.4 Å². The normalized spacial score (nSPS) is 10.5. The maximum Gasteiger partial charge on any atom is 0.306 e. The van der Waals surface area contributed by atoms with Crippen LogP contribution in [-0.4, -0.2) is 23.7 Å². The number of carboxylic acids is 1. The van der Waals surface area contributed by atoms with E-state index in [9.17, 15) is 14.4 Å². The molecule has 1 aromatic heterocycles. The highest BCUT2D eigenvalue weighted by atomic mass is 16.5. The van der Waals surface area contributed by atoms with Crippen molar-refractivity contribution < 1.29 is 28.6 Å². The van der Waals surface area contributed by atoms with Gasteiger partial charge < -0.3 is 19.0 Å². The molecule has 0 amide bonds. The van der Waals surface area contributed by atoms with E-state index in [1.807, 2.05) is 13.8 Å². The van der Waals surface area contributed by atoms with Crippen LogP contribution >= 0.6 is 0 Å². The summed E-state index contributed by atoms with van der Waals surface area (Å²) >= 11 is 0. The van der Waals surface area contributed by atoms with Crippen LogP contribution in [0.25, 0.3) is 0 Å². The summed E-state index contributed by atoms with van der Waals surface area (Å²) < 4.78 is 15.3. The topological polar surface area (TPSA) is 103 Å². The molecule has 0 radical (unpaired) electrons. The third-order valence-electron chi connectivity index (χ3n) is 2.72. The summed E-state index contributed by atoms with van der Waals surface area (Å²) in [5.41, 5.74) is -0.355. The zero-order chi connectivity index (χ0) is 16.5. The Kier molecular flexibility index (Phi) is 7.15. The van der Waals surface area contributed by atoms with Gasteiger partial charge in [-0.15, -0.1) is 0 Å². The summed E-state index contributed by atoms with van der Waals surface area (Å²) in [4.78, 5) is 33.3. The lowest BCUT2D eigenvalue weighted by atomic mass is 10.1. The lowest BCUT2D eigenvalue weighted by Crippen LogP contribution is -2.12. The van der Waals surface area contributed by atoms with Gasteiger partial charge in [-0.2, -0.15) is 0 Å². The number of hydrogen-bond donors (Lipinski definition) is 1. The summed E-state index contributed by atoms with van der Waals surface area (Å²) in [5, 5.41) is 8.44. The van der Waals surface area contributed by atoms with Crippen LogP contribution in [0.15, 0.2) is 21.5 Å². The molecule has 22 heavy (non-hydrogen) atoms. The number of esters is 1. The molecule has 1 aromatic rings. The Labute approximate surface area is 127 Å². The molecule has 0 aliphatic carbocycles. The lowest BCUT2D eigenvalue weighted by Gasteiger charge is -2.07. The highest BCUT2D eigenvalue weighted by molar-refractivity contribution is 5.76. The molecule has 0 unspecified atom stereocenters. The Morgan fingerprint density at radius 2 is 2.05 bits per heavy atom. The van der Waals surface area contributed by atoms with E-state index in [-0.39, 0.29) is 36.4 Å². The predicted octanol–water partition coefficient (Wildman–Crippen LogP) is 1.97. The molecule has 0 atom stereocenters. The zero-order valence-electron chi connectivity index (χ0n) is 12.7. The van der Waals surface area contributed by atoms with E-state index < -0.39 is 11.9 Å². The van der Waals surface area contributed by atoms with Crippen molar-refractivity contribution in [3.63, 3.8) is 0 Å². The Bertz CT molecular complexity index is 559. The van der Waals surface area contributed by atoms with E-state index in [4.69, 9.17) is 19.0 Å². The third-order valence-corrected chi connectivity index (χ3v) is 2.72. The quantitative estimate of drug-likeness (QED) is 0.695. The summed E-state index contributed by atoms with van der Waals surface area (Å²) in [6.07, 6.45) is 1.48. The van der Waals surface area contributed by atoms with Crippen molar-refractivity contribution in [1.82, 2.24) is 0 Å². The van der Waals surface area contributed by atoms with Crippen LogP contribution in [0.2, 0.25) is 0 Å². The largest absolute Gasteiger partial charge is 0.487 e. The van der Waals surface area contributed by atoms with E-state index in [2.05, 4.69) is 0 Å². The standard InChI is InChI=1S/C15H20O7/c1-10(2)5-6-20-13-9-21-11(7-12(13)16)8-22-15(19)4-3-14(17)18/h7,9-10H,3-6,8H2,1-2H3,(H,17,18). The van der Waals surface area contributed by atoms with E-state index in [0.29, 0.717) is 12.5 Å². The van der Waals surface area contributed by atoms with Crippen molar-refractivity contribution >= 4 is 11.9 Å². The molecule has 122 valence electrons. The molecule has 0 fully saturated rings. The van der Waals surface area contributed by atoms with Crippen molar-refractivity contribution in [3.05, 3.63) is 28.3 Å². The first-order chi connectivity index (χ1) is 10.4. The fourth-order valence-electron chi connectivity index (χ4n) is 1.46. The zero-order valence-corrected chi connectivity index (χ0v) is 12.7. The van der Waals surface area contributed by atoms with Crippen molar-refractivity contribution in [2.45, 2.75) is 39.7 Å². The van der Waals surface area contributed by atoms with Crippen molar-refractivity contribution in [3.8, 4) is 5.75 Å². The number of carbonyl (C=O) groups is 2. The Balaban J connectivity index is 2.46. The minimum atomic E-state index is -1.08. The first kappa shape index (κ1) is 17.7. The van der Waals surface area contributed by atoms with Gasteiger partial charge in [0.1, 0.15) is 18.6 Å². The number of carboxylic acid groups (broad SMARTS) is 1. The molecule has 1 rings (SSSR count). The van der Waals surface area contributed by atoms with Crippen LogP contribution in [0.4, 0.5) is 0 Å². The van der Waals surface area contributed by atoms with Gasteiger partial charge in [-0.1, -0.05) is 13.8 Å². The van der Waals surface area contributed by atoms with Gasteiger partial charge in [0.2, 0.25) is 11.2 Å². The molecule has 7 heteroatoms. The van der Waals surface area contributed by atoms with Crippen molar-refractivity contribution in [2.75, 3.05) is 6.61 Å². The Hall–Kier alpha value is -2.31. The van der Waals surface area contributed by atoms with Gasteiger partial charge in [-0.05, 0) is 12.3 Å². The fraction of sp³-hybridized carbons (Fsp3) is 0.533. The van der Waals surface area contributed by atoms with Crippen LogP contribution in [0.5, 0.6) is 5.75 Å². The van der Waals surface area contributed by atoms with E-state index >= 15 is 0 Å². The maximum absolute atomic E-state index is 11.8. The van der Waals surface area contributed by atoms with Crippen molar-refractivity contribution in [2.24, 2.45) is 5.92 Å². The smallest absolute Gasteiger partial charge is 0.306 e. The first-order valence-corrected chi connectivity index (χ1v) is 7.00. The second-order valence-electron chi connectivity index (χ2n) is 5.16. The minimum Gasteiger partial charge on any atom is -0.487 e. The molecular weight excluding hydrogens is 292 g/mol. The van der Waals surface area contributed by atoms with Gasteiger partial charge in [0.25, 0.3) is 0 Å². The average molecular weight is 312 g/mol. The molecule has 0 aromatic carbocycles. The Morgan fingerprint density at radius 3 is 2.64 bits per heavy atom. The maximum atomic E-state index is 11.8. The van der Waals surface area contributed by atoms with Crippen LogP contribution in [0, 0.1) is 5.92 Å². The summed E-state index contributed by atoms with van der Waals surface area (Å²) in [6, 6.07) is 1.19. The fourth-order valence-corrected chi connectivity index (χ4v) is 1.46. The molecule has 1 N–H and O–H groups in total. The molecule has 0 aliphatic heterocycles. The van der Waals surface area contributed by atoms with Crippen LogP contribution in [-0.2, 0) is 20.9 Å². The molecule has 1 heterocycles. The van der Waals surface area contributed by atoms with Gasteiger partial charge in [0.15, 0.2) is 0 Å². The van der Waals surface area contributed by atoms with Crippen molar-refractivity contribution in [1.29, 1.82) is 0 Å². The summed E-state index contributed by atoms with van der Waals surface area (Å²) in [6.45, 7) is 4.30. The summed E-state index contributed by atoms with van der Waals surface area (Å²) in [5.74, 6) is -0.989. The number of rotatable bonds is 9. The van der Waals surface area contributed by atoms with E-state index in [0.717, 1.165) is 6.42 Å². The van der Waals surface area contributed by atoms with Gasteiger partial charge >= 0.3 is 11.9 Å². The second kappa shape index (κ2) is 8.86. The minimum absolute atomic E-state index is 0.113. The van der Waals surface area contributed by atoms with Gasteiger partial charge in [0.05, 0.1) is 19.4 Å². The highest BCUT2D eigenvalue weighted by Crippen LogP contribution is 2.09. The number of aliphatic carboxylic acids is 1. The third kappa shape index (κ3) is 6.92. The monoisotopic (exact) mass is 312 g/mol. The Morgan fingerprint density at radius 1 is 1.32 bits per heavy atom. The number of carbonyl (C=O) groups excluding carboxylic acids is 1.